The first-order valence-corrected chi connectivity index (χ1v) is 7.55. The summed E-state index contributed by atoms with van der Waals surface area (Å²) in [4.78, 5) is 6.92. The maximum absolute atomic E-state index is 4.56. The summed E-state index contributed by atoms with van der Waals surface area (Å²) in [7, 11) is 4.16. The van der Waals surface area contributed by atoms with E-state index in [-0.39, 0.29) is 0 Å². The maximum Gasteiger partial charge on any atom is 0.0571 e. The molecule has 0 aromatic carbocycles. The first kappa shape index (κ1) is 14.3. The van der Waals surface area contributed by atoms with Gasteiger partial charge in [0.05, 0.1) is 17.6 Å². The summed E-state index contributed by atoms with van der Waals surface area (Å²) >= 11 is 0. The fourth-order valence-corrected chi connectivity index (χ4v) is 2.89. The molecule has 1 saturated carbocycles. The second-order valence-corrected chi connectivity index (χ2v) is 5.84. The molecule has 1 aliphatic rings. The van der Waals surface area contributed by atoms with E-state index in [1.807, 2.05) is 13.2 Å². The van der Waals surface area contributed by atoms with Crippen molar-refractivity contribution in [1.29, 1.82) is 0 Å². The molecule has 1 heterocycles. The minimum absolute atomic E-state index is 0.317. The summed E-state index contributed by atoms with van der Waals surface area (Å²) in [5.41, 5.74) is 2.34. The van der Waals surface area contributed by atoms with Crippen molar-refractivity contribution in [2.24, 2.45) is 5.92 Å². The van der Waals surface area contributed by atoms with Crippen LogP contribution in [0.3, 0.4) is 0 Å². The highest BCUT2D eigenvalue weighted by molar-refractivity contribution is 5.43. The molecule has 0 amide bonds. The van der Waals surface area contributed by atoms with Crippen molar-refractivity contribution in [2.45, 2.75) is 45.1 Å². The second-order valence-electron chi connectivity index (χ2n) is 5.84. The average molecular weight is 261 g/mol. The van der Waals surface area contributed by atoms with Crippen molar-refractivity contribution in [3.63, 3.8) is 0 Å². The maximum atomic E-state index is 4.56. The molecule has 0 spiro atoms. The largest absolute Gasteiger partial charge is 0.373 e. The Kier molecular flexibility index (Phi) is 5.20. The van der Waals surface area contributed by atoms with E-state index in [2.05, 4.69) is 41.3 Å². The van der Waals surface area contributed by atoms with Gasteiger partial charge in [-0.1, -0.05) is 19.3 Å². The summed E-state index contributed by atoms with van der Waals surface area (Å²) in [6.45, 7) is 3.30. The normalized spacial score (nSPS) is 18.3. The highest BCUT2D eigenvalue weighted by Gasteiger charge is 2.16. The lowest BCUT2D eigenvalue weighted by molar-refractivity contribution is 0.362. The lowest BCUT2D eigenvalue weighted by Gasteiger charge is -2.28. The molecule has 3 nitrogen and oxygen atoms in total. The van der Waals surface area contributed by atoms with Crippen molar-refractivity contribution in [3.8, 4) is 0 Å². The number of nitrogens with zero attached hydrogens (tertiary/aromatic N) is 2. The van der Waals surface area contributed by atoms with Crippen LogP contribution in [0.4, 0.5) is 5.69 Å². The van der Waals surface area contributed by atoms with Gasteiger partial charge in [0.2, 0.25) is 0 Å². The molecule has 0 aliphatic heterocycles. The molecule has 1 aliphatic carbocycles. The molecule has 19 heavy (non-hydrogen) atoms. The minimum Gasteiger partial charge on any atom is -0.373 e. The Hall–Kier alpha value is -1.09. The molecule has 2 rings (SSSR count). The molecular formula is C16H27N3. The highest BCUT2D eigenvalue weighted by Crippen LogP contribution is 2.25. The number of rotatable bonds is 5. The van der Waals surface area contributed by atoms with E-state index in [4.69, 9.17) is 0 Å². The van der Waals surface area contributed by atoms with Gasteiger partial charge in [0.1, 0.15) is 0 Å². The molecule has 1 unspecified atom stereocenters. The molecule has 0 radical (unpaired) electrons. The van der Waals surface area contributed by atoms with Gasteiger partial charge in [-0.25, -0.2) is 0 Å². The highest BCUT2D eigenvalue weighted by atomic mass is 15.1. The Morgan fingerprint density at radius 2 is 2.05 bits per heavy atom. The van der Waals surface area contributed by atoms with Crippen molar-refractivity contribution < 1.29 is 0 Å². The van der Waals surface area contributed by atoms with Crippen LogP contribution < -0.4 is 10.2 Å². The van der Waals surface area contributed by atoms with Crippen LogP contribution in [0.25, 0.3) is 0 Å². The van der Waals surface area contributed by atoms with Crippen molar-refractivity contribution in [3.05, 3.63) is 24.0 Å². The van der Waals surface area contributed by atoms with Gasteiger partial charge in [-0.2, -0.15) is 0 Å². The van der Waals surface area contributed by atoms with E-state index in [1.165, 1.54) is 44.3 Å². The fraction of sp³-hybridized carbons (Fsp3) is 0.688. The van der Waals surface area contributed by atoms with Crippen molar-refractivity contribution in [1.82, 2.24) is 10.3 Å². The van der Waals surface area contributed by atoms with E-state index in [0.29, 0.717) is 6.04 Å². The smallest absolute Gasteiger partial charge is 0.0571 e. The summed E-state index contributed by atoms with van der Waals surface area (Å²) in [6.07, 6.45) is 9.05. The predicted molar refractivity (Wildman–Crippen MR) is 81.6 cm³/mol. The van der Waals surface area contributed by atoms with Crippen LogP contribution in [0, 0.1) is 5.92 Å². The van der Waals surface area contributed by atoms with E-state index >= 15 is 0 Å². The van der Waals surface area contributed by atoms with Crippen LogP contribution in [-0.2, 0) is 0 Å². The van der Waals surface area contributed by atoms with E-state index in [0.717, 1.165) is 11.6 Å². The molecule has 106 valence electrons. The Morgan fingerprint density at radius 1 is 1.32 bits per heavy atom. The first-order valence-electron chi connectivity index (χ1n) is 7.55. The molecule has 0 saturated heterocycles. The molecule has 1 aromatic heterocycles. The van der Waals surface area contributed by atoms with E-state index in [9.17, 15) is 0 Å². The van der Waals surface area contributed by atoms with E-state index < -0.39 is 0 Å². The second kappa shape index (κ2) is 6.90. The molecule has 3 heteroatoms. The first-order chi connectivity index (χ1) is 9.20. The van der Waals surface area contributed by atoms with Gasteiger partial charge in [0.25, 0.3) is 0 Å². The van der Waals surface area contributed by atoms with Gasteiger partial charge in [-0.15, -0.1) is 0 Å². The van der Waals surface area contributed by atoms with Gasteiger partial charge in [-0.3, -0.25) is 4.98 Å². The van der Waals surface area contributed by atoms with Crippen LogP contribution in [0.1, 0.15) is 50.8 Å². The summed E-state index contributed by atoms with van der Waals surface area (Å²) in [5, 5.41) is 3.22. The fourth-order valence-electron chi connectivity index (χ4n) is 2.89. The number of pyridine rings is 1. The minimum atomic E-state index is 0.317. The van der Waals surface area contributed by atoms with Gasteiger partial charge in [-0.05, 0) is 44.9 Å². The third kappa shape index (κ3) is 3.93. The zero-order valence-corrected chi connectivity index (χ0v) is 12.5. The third-order valence-corrected chi connectivity index (χ3v) is 4.34. The van der Waals surface area contributed by atoms with Gasteiger partial charge in [0.15, 0.2) is 0 Å². The van der Waals surface area contributed by atoms with Crippen LogP contribution in [0.5, 0.6) is 0 Å². The average Bonchev–Trinajstić information content (AvgIpc) is 2.47. The topological polar surface area (TPSA) is 28.2 Å². The van der Waals surface area contributed by atoms with Crippen molar-refractivity contribution in [2.75, 3.05) is 25.5 Å². The number of hydrogen-bond acceptors (Lipinski definition) is 3. The Bertz CT molecular complexity index is 368. The molecule has 0 bridgehead atoms. The quantitative estimate of drug-likeness (QED) is 0.880. The number of aromatic nitrogens is 1. The van der Waals surface area contributed by atoms with Gasteiger partial charge >= 0.3 is 0 Å². The third-order valence-electron chi connectivity index (χ3n) is 4.34. The molecule has 1 aromatic rings. The van der Waals surface area contributed by atoms with E-state index in [1.54, 1.807) is 0 Å². The van der Waals surface area contributed by atoms with Crippen LogP contribution >= 0.6 is 0 Å². The van der Waals surface area contributed by atoms with Gasteiger partial charge in [0, 0.05) is 19.6 Å². The zero-order chi connectivity index (χ0) is 13.7. The number of nitrogens with one attached hydrogen (secondary N) is 1. The standard InChI is InChI=1S/C16H27N3/c1-13(17-2)16-10-9-15(11-18-16)19(3)12-14-7-5-4-6-8-14/h9-11,13-14,17H,4-8,12H2,1-3H3. The lowest BCUT2D eigenvalue weighted by atomic mass is 9.89. The predicted octanol–water partition coefficient (Wildman–Crippen LogP) is 3.38. The molecule has 1 atom stereocenters. The Morgan fingerprint density at radius 3 is 2.63 bits per heavy atom. The Balaban J connectivity index is 1.93. The molecule has 1 N–H and O–H groups in total. The summed E-state index contributed by atoms with van der Waals surface area (Å²) in [5.74, 6) is 0.870. The summed E-state index contributed by atoms with van der Waals surface area (Å²) in [6, 6.07) is 4.64. The van der Waals surface area contributed by atoms with Crippen LogP contribution in [0.15, 0.2) is 18.3 Å². The van der Waals surface area contributed by atoms with Gasteiger partial charge < -0.3 is 10.2 Å². The SMILES string of the molecule is CNC(C)c1ccc(N(C)CC2CCCCC2)cn1. The number of anilines is 1. The molecular weight excluding hydrogens is 234 g/mol. The zero-order valence-electron chi connectivity index (χ0n) is 12.5. The monoisotopic (exact) mass is 261 g/mol. The van der Waals surface area contributed by atoms with Crippen LogP contribution in [-0.4, -0.2) is 25.6 Å². The Labute approximate surface area is 117 Å². The lowest BCUT2D eigenvalue weighted by Crippen LogP contribution is -2.27. The van der Waals surface area contributed by atoms with Crippen LogP contribution in [0.2, 0.25) is 0 Å². The molecule has 1 fully saturated rings. The number of hydrogen-bond donors (Lipinski definition) is 1. The van der Waals surface area contributed by atoms with Crippen molar-refractivity contribution >= 4 is 5.69 Å². The summed E-state index contributed by atoms with van der Waals surface area (Å²) < 4.78 is 0.